The van der Waals surface area contributed by atoms with Gasteiger partial charge >= 0.3 is 5.63 Å². The number of para-hydroxylation sites is 2. The Morgan fingerprint density at radius 3 is 2.77 bits per heavy atom. The van der Waals surface area contributed by atoms with Crippen LogP contribution in [0.5, 0.6) is 5.75 Å². The van der Waals surface area contributed by atoms with Crippen LogP contribution in [0.2, 0.25) is 0 Å². The van der Waals surface area contributed by atoms with Crippen LogP contribution in [0.25, 0.3) is 22.1 Å². The first-order valence-electron chi connectivity index (χ1n) is 7.92. The normalized spacial score (nSPS) is 11.1. The molecule has 0 aliphatic rings. The predicted octanol–water partition coefficient (Wildman–Crippen LogP) is 4.27. The summed E-state index contributed by atoms with van der Waals surface area (Å²) in [5.74, 6) is 0.600. The van der Waals surface area contributed by atoms with E-state index in [2.05, 4.69) is 4.98 Å². The van der Waals surface area contributed by atoms with E-state index in [9.17, 15) is 9.59 Å². The standard InChI is InChI=1S/C19H13NO5S/c1-2-23-12-8-7-11-9-13(17(21)24-16(11)10-12)18(22)26-19-20-14-5-3-4-6-15(14)25-19/h3-10H,2H2,1H3. The Bertz CT molecular complexity index is 1140. The van der Waals surface area contributed by atoms with Crippen LogP contribution in [-0.2, 0) is 0 Å². The summed E-state index contributed by atoms with van der Waals surface area (Å²) in [6.45, 7) is 2.37. The maximum absolute atomic E-state index is 12.5. The van der Waals surface area contributed by atoms with Gasteiger partial charge in [0.1, 0.15) is 22.4 Å². The molecule has 0 aliphatic carbocycles. The van der Waals surface area contributed by atoms with E-state index in [4.69, 9.17) is 13.6 Å². The molecule has 0 radical (unpaired) electrons. The molecule has 0 unspecified atom stereocenters. The van der Waals surface area contributed by atoms with Crippen LogP contribution in [0, 0.1) is 0 Å². The van der Waals surface area contributed by atoms with Gasteiger partial charge in [0, 0.05) is 23.2 Å². The average Bonchev–Trinajstić information content (AvgIpc) is 3.03. The topological polar surface area (TPSA) is 82.5 Å². The molecule has 0 fully saturated rings. The van der Waals surface area contributed by atoms with E-state index in [1.807, 2.05) is 19.1 Å². The summed E-state index contributed by atoms with van der Waals surface area (Å²) in [4.78, 5) is 28.9. The Labute approximate surface area is 151 Å². The summed E-state index contributed by atoms with van der Waals surface area (Å²) in [6, 6.07) is 13.8. The Kier molecular flexibility index (Phi) is 4.22. The fourth-order valence-corrected chi connectivity index (χ4v) is 3.21. The third-order valence-electron chi connectivity index (χ3n) is 3.69. The van der Waals surface area contributed by atoms with Gasteiger partial charge in [0.15, 0.2) is 5.58 Å². The molecule has 2 heterocycles. The lowest BCUT2D eigenvalue weighted by Crippen LogP contribution is -2.11. The number of rotatable bonds is 4. The maximum Gasteiger partial charge on any atom is 0.348 e. The van der Waals surface area contributed by atoms with Crippen LogP contribution in [0.15, 0.2) is 67.4 Å². The molecule has 0 bridgehead atoms. The number of carbonyl (C=O) groups excluding carboxylic acids is 1. The predicted molar refractivity (Wildman–Crippen MR) is 97.8 cm³/mol. The lowest BCUT2D eigenvalue weighted by Gasteiger charge is -2.04. The van der Waals surface area contributed by atoms with Gasteiger partial charge in [0.05, 0.1) is 6.61 Å². The number of hydrogen-bond donors (Lipinski definition) is 0. The van der Waals surface area contributed by atoms with Crippen LogP contribution in [0.1, 0.15) is 17.3 Å². The molecule has 0 spiro atoms. The summed E-state index contributed by atoms with van der Waals surface area (Å²) in [5.41, 5.74) is 0.826. The molecule has 0 aliphatic heterocycles. The minimum absolute atomic E-state index is 0.0612. The van der Waals surface area contributed by atoms with E-state index in [0.717, 1.165) is 11.8 Å². The van der Waals surface area contributed by atoms with Crippen LogP contribution in [0.4, 0.5) is 0 Å². The van der Waals surface area contributed by atoms with Crippen molar-refractivity contribution < 1.29 is 18.4 Å². The van der Waals surface area contributed by atoms with Crippen molar-refractivity contribution in [3.05, 3.63) is 64.5 Å². The first-order valence-corrected chi connectivity index (χ1v) is 8.74. The molecule has 26 heavy (non-hydrogen) atoms. The zero-order valence-electron chi connectivity index (χ0n) is 13.7. The van der Waals surface area contributed by atoms with Crippen molar-refractivity contribution in [2.24, 2.45) is 0 Å². The van der Waals surface area contributed by atoms with Crippen molar-refractivity contribution >= 4 is 38.9 Å². The molecule has 0 amide bonds. The molecule has 0 saturated heterocycles. The molecule has 130 valence electrons. The monoisotopic (exact) mass is 367 g/mol. The number of nitrogens with zero attached hydrogens (tertiary/aromatic N) is 1. The number of thioether (sulfide) groups is 1. The smallest absolute Gasteiger partial charge is 0.348 e. The quantitative estimate of drug-likeness (QED) is 0.393. The molecule has 2 aromatic heterocycles. The first-order chi connectivity index (χ1) is 12.6. The van der Waals surface area contributed by atoms with Crippen molar-refractivity contribution in [3.8, 4) is 5.75 Å². The van der Waals surface area contributed by atoms with E-state index in [0.29, 0.717) is 34.4 Å². The summed E-state index contributed by atoms with van der Waals surface area (Å²) >= 11 is 0.755. The number of fused-ring (bicyclic) bond motifs is 2. The highest BCUT2D eigenvalue weighted by molar-refractivity contribution is 8.14. The summed E-state index contributed by atoms with van der Waals surface area (Å²) in [5, 5.41) is 0.332. The SMILES string of the molecule is CCOc1ccc2cc(C(=O)Sc3nc4ccccc4o3)c(=O)oc2c1. The number of aromatic nitrogens is 1. The molecule has 6 nitrogen and oxygen atoms in total. The first kappa shape index (κ1) is 16.4. The molecule has 4 aromatic rings. The lowest BCUT2D eigenvalue weighted by molar-refractivity contribution is 0.108. The summed E-state index contributed by atoms with van der Waals surface area (Å²) < 4.78 is 16.2. The lowest BCUT2D eigenvalue weighted by atomic mass is 10.2. The second-order valence-corrected chi connectivity index (χ2v) is 6.34. The number of ether oxygens (including phenoxy) is 1. The molecule has 0 saturated carbocycles. The zero-order chi connectivity index (χ0) is 18.1. The van der Waals surface area contributed by atoms with Crippen LogP contribution < -0.4 is 10.4 Å². The number of hydrogen-bond acceptors (Lipinski definition) is 7. The minimum atomic E-state index is -0.709. The van der Waals surface area contributed by atoms with Gasteiger partial charge in [0.25, 0.3) is 5.22 Å². The molecular formula is C19H13NO5S. The van der Waals surface area contributed by atoms with Gasteiger partial charge in [-0.05, 0) is 37.3 Å². The second-order valence-electron chi connectivity index (χ2n) is 5.42. The minimum Gasteiger partial charge on any atom is -0.494 e. The zero-order valence-corrected chi connectivity index (χ0v) is 14.5. The van der Waals surface area contributed by atoms with Crippen molar-refractivity contribution in [2.75, 3.05) is 6.61 Å². The van der Waals surface area contributed by atoms with Gasteiger partial charge in [-0.1, -0.05) is 12.1 Å². The highest BCUT2D eigenvalue weighted by Gasteiger charge is 2.18. The second kappa shape index (κ2) is 6.68. The summed E-state index contributed by atoms with van der Waals surface area (Å²) in [7, 11) is 0. The number of oxazole rings is 1. The Hall–Kier alpha value is -3.06. The largest absolute Gasteiger partial charge is 0.494 e. The van der Waals surface area contributed by atoms with E-state index in [-0.39, 0.29) is 10.8 Å². The fourth-order valence-electron chi connectivity index (χ4n) is 2.52. The van der Waals surface area contributed by atoms with Gasteiger partial charge in [-0.2, -0.15) is 0 Å². The van der Waals surface area contributed by atoms with E-state index < -0.39 is 10.7 Å². The van der Waals surface area contributed by atoms with E-state index >= 15 is 0 Å². The summed E-state index contributed by atoms with van der Waals surface area (Å²) in [6.07, 6.45) is 0. The van der Waals surface area contributed by atoms with Crippen LogP contribution in [0.3, 0.4) is 0 Å². The number of benzene rings is 2. The van der Waals surface area contributed by atoms with Gasteiger partial charge in [-0.3, -0.25) is 4.79 Å². The molecule has 7 heteroatoms. The molecule has 2 aromatic carbocycles. The van der Waals surface area contributed by atoms with Crippen molar-refractivity contribution in [2.45, 2.75) is 12.1 Å². The van der Waals surface area contributed by atoms with Crippen molar-refractivity contribution in [1.29, 1.82) is 0 Å². The Morgan fingerprint density at radius 1 is 1.12 bits per heavy atom. The van der Waals surface area contributed by atoms with Gasteiger partial charge in [-0.25, -0.2) is 9.78 Å². The third kappa shape index (κ3) is 3.09. The highest BCUT2D eigenvalue weighted by Crippen LogP contribution is 2.27. The maximum atomic E-state index is 12.5. The van der Waals surface area contributed by atoms with Crippen LogP contribution in [-0.4, -0.2) is 16.7 Å². The molecular weight excluding hydrogens is 354 g/mol. The average molecular weight is 367 g/mol. The number of carbonyl (C=O) groups is 1. The van der Waals surface area contributed by atoms with Gasteiger partial charge < -0.3 is 13.6 Å². The third-order valence-corrected chi connectivity index (χ3v) is 4.45. The van der Waals surface area contributed by atoms with E-state index in [1.54, 1.807) is 30.3 Å². The fraction of sp³-hybridized carbons (Fsp3) is 0.105. The Morgan fingerprint density at radius 2 is 1.96 bits per heavy atom. The van der Waals surface area contributed by atoms with Gasteiger partial charge in [-0.15, -0.1) is 0 Å². The Balaban J connectivity index is 1.66. The molecule has 0 atom stereocenters. The van der Waals surface area contributed by atoms with Gasteiger partial charge in [0.2, 0.25) is 5.12 Å². The van der Waals surface area contributed by atoms with Crippen molar-refractivity contribution in [3.63, 3.8) is 0 Å². The van der Waals surface area contributed by atoms with E-state index in [1.165, 1.54) is 6.07 Å². The molecule has 0 N–H and O–H groups in total. The highest BCUT2D eigenvalue weighted by atomic mass is 32.2. The van der Waals surface area contributed by atoms with Crippen LogP contribution >= 0.6 is 11.8 Å². The van der Waals surface area contributed by atoms with Crippen molar-refractivity contribution in [1.82, 2.24) is 4.98 Å². The molecule has 4 rings (SSSR count).